The van der Waals surface area contributed by atoms with Crippen LogP contribution in [0.1, 0.15) is 15.9 Å². The van der Waals surface area contributed by atoms with Gasteiger partial charge in [0.25, 0.3) is 5.56 Å². The lowest BCUT2D eigenvalue weighted by molar-refractivity contribution is 0.102. The summed E-state index contributed by atoms with van der Waals surface area (Å²) < 4.78 is 18.0. The fourth-order valence-electron chi connectivity index (χ4n) is 3.67. The number of halogens is 1. The first-order valence-corrected chi connectivity index (χ1v) is 12.0. The minimum atomic E-state index is -0.278. The maximum absolute atomic E-state index is 13.7. The molecule has 0 fully saturated rings. The van der Waals surface area contributed by atoms with Crippen molar-refractivity contribution in [1.82, 2.24) is 9.55 Å². The smallest absolute Gasteiger partial charge is 0.262 e. The maximum Gasteiger partial charge on any atom is 0.262 e. The van der Waals surface area contributed by atoms with Gasteiger partial charge in [0.1, 0.15) is 5.52 Å². The van der Waals surface area contributed by atoms with E-state index >= 15 is 0 Å². The Morgan fingerprint density at radius 1 is 0.971 bits per heavy atom. The number of fused-ring (bicyclic) bond motifs is 1. The third-order valence-electron chi connectivity index (χ3n) is 5.40. The van der Waals surface area contributed by atoms with E-state index in [1.807, 2.05) is 30.3 Å². The molecule has 1 aromatic heterocycles. The lowest BCUT2D eigenvalue weighted by Crippen LogP contribution is -2.24. The van der Waals surface area contributed by atoms with Crippen LogP contribution in [-0.4, -0.2) is 42.4 Å². The SMILES string of the molecule is COc1cc2c(=O)n(Cc3ccccc3)c(SCC(=O)c3ccc(Cl)cc3)nc2c(OC)c1OC. The fourth-order valence-corrected chi connectivity index (χ4v) is 4.68. The molecular weight excluding hydrogens is 488 g/mol. The zero-order valence-corrected chi connectivity index (χ0v) is 21.0. The van der Waals surface area contributed by atoms with E-state index in [-0.39, 0.29) is 29.4 Å². The van der Waals surface area contributed by atoms with Gasteiger partial charge in [0, 0.05) is 10.6 Å². The van der Waals surface area contributed by atoms with E-state index < -0.39 is 0 Å². The van der Waals surface area contributed by atoms with Crippen molar-refractivity contribution in [2.45, 2.75) is 11.7 Å². The fraction of sp³-hybridized carbons (Fsp3) is 0.192. The summed E-state index contributed by atoms with van der Waals surface area (Å²) in [6.07, 6.45) is 0. The molecule has 0 aliphatic rings. The summed E-state index contributed by atoms with van der Waals surface area (Å²) in [4.78, 5) is 31.3. The number of thioether (sulfide) groups is 1. The van der Waals surface area contributed by atoms with Gasteiger partial charge >= 0.3 is 0 Å². The van der Waals surface area contributed by atoms with E-state index in [0.717, 1.165) is 5.56 Å². The second-order valence-electron chi connectivity index (χ2n) is 7.53. The Morgan fingerprint density at radius 3 is 2.29 bits per heavy atom. The van der Waals surface area contributed by atoms with E-state index in [1.165, 1.54) is 33.1 Å². The quantitative estimate of drug-likeness (QED) is 0.176. The molecule has 1 heterocycles. The molecule has 180 valence electrons. The van der Waals surface area contributed by atoms with Crippen LogP contribution in [0, 0.1) is 0 Å². The minimum Gasteiger partial charge on any atom is -0.493 e. The number of nitrogens with zero attached hydrogens (tertiary/aromatic N) is 2. The van der Waals surface area contributed by atoms with E-state index in [0.29, 0.717) is 38.1 Å². The standard InChI is InChI=1S/C26H23ClN2O5S/c1-32-21-13-19-22(24(34-3)23(21)33-2)28-26(29(25(19)31)14-16-7-5-4-6-8-16)35-15-20(30)17-9-11-18(27)12-10-17/h4-13H,14-15H2,1-3H3. The van der Waals surface area contributed by atoms with Gasteiger partial charge in [-0.25, -0.2) is 4.98 Å². The van der Waals surface area contributed by atoms with Gasteiger partial charge in [-0.15, -0.1) is 0 Å². The molecule has 0 N–H and O–H groups in total. The van der Waals surface area contributed by atoms with Crippen LogP contribution in [0.15, 0.2) is 70.6 Å². The lowest BCUT2D eigenvalue weighted by atomic mass is 10.1. The molecule has 0 aliphatic carbocycles. The number of hydrogen-bond acceptors (Lipinski definition) is 7. The number of hydrogen-bond donors (Lipinski definition) is 0. The number of carbonyl (C=O) groups is 1. The lowest BCUT2D eigenvalue weighted by Gasteiger charge is -2.17. The molecule has 0 bridgehead atoms. The van der Waals surface area contributed by atoms with Gasteiger partial charge in [-0.3, -0.25) is 14.2 Å². The number of Topliss-reactive ketones (excluding diaryl/α,β-unsaturated/α-hetero) is 1. The highest BCUT2D eigenvalue weighted by Gasteiger charge is 2.22. The average Bonchev–Trinajstić information content (AvgIpc) is 2.89. The van der Waals surface area contributed by atoms with Crippen molar-refractivity contribution >= 4 is 40.0 Å². The van der Waals surface area contributed by atoms with Crippen LogP contribution in [0.3, 0.4) is 0 Å². The summed E-state index contributed by atoms with van der Waals surface area (Å²) >= 11 is 7.13. The molecule has 3 aromatic carbocycles. The largest absolute Gasteiger partial charge is 0.493 e. The normalized spacial score (nSPS) is 10.9. The Morgan fingerprint density at radius 2 is 1.66 bits per heavy atom. The third kappa shape index (κ3) is 5.13. The van der Waals surface area contributed by atoms with Gasteiger partial charge in [0.05, 0.1) is 39.0 Å². The van der Waals surface area contributed by atoms with Gasteiger partial charge < -0.3 is 14.2 Å². The average molecular weight is 511 g/mol. The first-order chi connectivity index (χ1) is 17.0. The molecular formula is C26H23ClN2O5S. The minimum absolute atomic E-state index is 0.0873. The monoisotopic (exact) mass is 510 g/mol. The Bertz CT molecular complexity index is 1420. The van der Waals surface area contributed by atoms with E-state index in [2.05, 4.69) is 0 Å². The van der Waals surface area contributed by atoms with E-state index in [9.17, 15) is 9.59 Å². The van der Waals surface area contributed by atoms with Crippen molar-refractivity contribution in [3.63, 3.8) is 0 Å². The molecule has 0 amide bonds. The summed E-state index contributed by atoms with van der Waals surface area (Å²) in [5, 5.41) is 1.27. The first-order valence-electron chi connectivity index (χ1n) is 10.7. The molecule has 0 unspecified atom stereocenters. The molecule has 0 spiro atoms. The summed E-state index contributed by atoms with van der Waals surface area (Å²) in [5.41, 5.74) is 1.51. The molecule has 0 atom stereocenters. The number of rotatable bonds is 9. The highest BCUT2D eigenvalue weighted by Crippen LogP contribution is 2.42. The number of aromatic nitrogens is 2. The number of ketones is 1. The van der Waals surface area contributed by atoms with Gasteiger partial charge in [0.2, 0.25) is 5.75 Å². The van der Waals surface area contributed by atoms with E-state index in [1.54, 1.807) is 34.9 Å². The van der Waals surface area contributed by atoms with Crippen molar-refractivity contribution in [1.29, 1.82) is 0 Å². The number of methoxy groups -OCH3 is 3. The molecule has 35 heavy (non-hydrogen) atoms. The number of ether oxygens (including phenoxy) is 3. The highest BCUT2D eigenvalue weighted by atomic mass is 35.5. The van der Waals surface area contributed by atoms with Crippen molar-refractivity contribution in [3.05, 3.63) is 87.2 Å². The van der Waals surface area contributed by atoms with Gasteiger partial charge in [0.15, 0.2) is 22.4 Å². The van der Waals surface area contributed by atoms with Crippen LogP contribution >= 0.6 is 23.4 Å². The molecule has 4 aromatic rings. The Kier molecular flexibility index (Phi) is 7.63. The van der Waals surface area contributed by atoms with E-state index in [4.69, 9.17) is 30.8 Å². The van der Waals surface area contributed by atoms with Crippen LogP contribution in [-0.2, 0) is 6.54 Å². The van der Waals surface area contributed by atoms with Crippen molar-refractivity contribution in [2.24, 2.45) is 0 Å². The molecule has 7 nitrogen and oxygen atoms in total. The third-order valence-corrected chi connectivity index (χ3v) is 6.63. The Balaban J connectivity index is 1.83. The molecule has 0 aliphatic heterocycles. The molecule has 0 saturated carbocycles. The first kappa shape index (κ1) is 24.6. The van der Waals surface area contributed by atoms with Crippen molar-refractivity contribution in [2.75, 3.05) is 27.1 Å². The van der Waals surface area contributed by atoms with Gasteiger partial charge in [-0.1, -0.05) is 53.7 Å². The zero-order valence-electron chi connectivity index (χ0n) is 19.4. The second-order valence-corrected chi connectivity index (χ2v) is 8.91. The summed E-state index contributed by atoms with van der Waals surface area (Å²) in [5.74, 6) is 0.969. The molecule has 4 rings (SSSR count). The zero-order chi connectivity index (χ0) is 24.9. The predicted octanol–water partition coefficient (Wildman–Crippen LogP) is 5.10. The topological polar surface area (TPSA) is 79.7 Å². The van der Waals surface area contributed by atoms with Crippen LogP contribution in [0.25, 0.3) is 10.9 Å². The van der Waals surface area contributed by atoms with Crippen LogP contribution in [0.5, 0.6) is 17.2 Å². The van der Waals surface area contributed by atoms with Crippen molar-refractivity contribution < 1.29 is 19.0 Å². The molecule has 9 heteroatoms. The maximum atomic E-state index is 13.7. The van der Waals surface area contributed by atoms with Crippen LogP contribution in [0.4, 0.5) is 0 Å². The second kappa shape index (κ2) is 10.8. The molecule has 0 saturated heterocycles. The number of carbonyl (C=O) groups excluding carboxylic acids is 1. The predicted molar refractivity (Wildman–Crippen MR) is 138 cm³/mol. The van der Waals surface area contributed by atoms with Gasteiger partial charge in [-0.05, 0) is 35.9 Å². The van der Waals surface area contributed by atoms with Gasteiger partial charge in [-0.2, -0.15) is 0 Å². The Hall–Kier alpha value is -3.49. The Labute approximate surface area is 211 Å². The van der Waals surface area contributed by atoms with Crippen LogP contribution < -0.4 is 19.8 Å². The summed E-state index contributed by atoms with van der Waals surface area (Å²) in [6.45, 7) is 0.288. The number of benzene rings is 3. The summed E-state index contributed by atoms with van der Waals surface area (Å²) in [6, 6.07) is 17.9. The molecule has 0 radical (unpaired) electrons. The van der Waals surface area contributed by atoms with Crippen LogP contribution in [0.2, 0.25) is 5.02 Å². The highest BCUT2D eigenvalue weighted by molar-refractivity contribution is 7.99. The van der Waals surface area contributed by atoms with Crippen molar-refractivity contribution in [3.8, 4) is 17.2 Å². The summed E-state index contributed by atoms with van der Waals surface area (Å²) in [7, 11) is 4.46.